The Bertz CT molecular complexity index is 1610. The highest BCUT2D eigenvalue weighted by Crippen LogP contribution is 2.34. The van der Waals surface area contributed by atoms with Gasteiger partial charge < -0.3 is 21.7 Å². The van der Waals surface area contributed by atoms with Crippen LogP contribution in [0.3, 0.4) is 0 Å². The molecule has 272 valence electrons. The molecule has 0 saturated carbocycles. The SMILES string of the molecule is CCc1ccc(-c2c(CN)c(CC(C)C)nc(C)c2C(=O)O)cc1.CCc1ccc(-c2c(CN)c(CC(C)C)nc(C)c2C(=O)O)cc1.Cl.Cl. The highest BCUT2D eigenvalue weighted by atomic mass is 35.5. The lowest BCUT2D eigenvalue weighted by Crippen LogP contribution is -2.15. The van der Waals surface area contributed by atoms with Crippen molar-refractivity contribution in [2.75, 3.05) is 0 Å². The van der Waals surface area contributed by atoms with Crippen molar-refractivity contribution in [3.8, 4) is 22.3 Å². The van der Waals surface area contributed by atoms with E-state index < -0.39 is 11.9 Å². The summed E-state index contributed by atoms with van der Waals surface area (Å²) < 4.78 is 0. The van der Waals surface area contributed by atoms with E-state index >= 15 is 0 Å². The number of benzene rings is 2. The molecule has 2 aromatic carbocycles. The molecule has 8 nitrogen and oxygen atoms in total. The van der Waals surface area contributed by atoms with E-state index in [1.54, 1.807) is 13.8 Å². The molecular formula is C40H54Cl2N4O4. The molecule has 0 spiro atoms. The van der Waals surface area contributed by atoms with Crippen LogP contribution >= 0.6 is 24.8 Å². The van der Waals surface area contributed by atoms with Gasteiger partial charge in [-0.1, -0.05) is 90.1 Å². The van der Waals surface area contributed by atoms with E-state index in [0.717, 1.165) is 70.5 Å². The Morgan fingerprint density at radius 2 is 0.920 bits per heavy atom. The molecule has 6 N–H and O–H groups in total. The summed E-state index contributed by atoms with van der Waals surface area (Å²) in [4.78, 5) is 32.8. The van der Waals surface area contributed by atoms with Crippen molar-refractivity contribution in [3.63, 3.8) is 0 Å². The molecular weight excluding hydrogens is 671 g/mol. The number of hydrogen-bond donors (Lipinski definition) is 4. The number of aromatic carboxylic acids is 2. The number of halogens is 2. The smallest absolute Gasteiger partial charge is 0.338 e. The molecule has 10 heteroatoms. The van der Waals surface area contributed by atoms with E-state index in [2.05, 4.69) is 51.5 Å². The number of carboxylic acid groups (broad SMARTS) is 2. The Kier molecular flexibility index (Phi) is 17.8. The summed E-state index contributed by atoms with van der Waals surface area (Å²) in [5.41, 5.74) is 22.8. The molecule has 0 aliphatic heterocycles. The zero-order chi connectivity index (χ0) is 35.7. The van der Waals surface area contributed by atoms with Gasteiger partial charge in [-0.15, -0.1) is 24.8 Å². The van der Waals surface area contributed by atoms with Gasteiger partial charge in [-0.2, -0.15) is 0 Å². The number of pyridine rings is 2. The average Bonchev–Trinajstić information content (AvgIpc) is 3.03. The van der Waals surface area contributed by atoms with E-state index in [4.69, 9.17) is 11.5 Å². The lowest BCUT2D eigenvalue weighted by molar-refractivity contribution is 0.0685. The largest absolute Gasteiger partial charge is 0.478 e. The summed E-state index contributed by atoms with van der Waals surface area (Å²) in [5.74, 6) is -1.07. The Balaban J connectivity index is 0.000000481. The molecule has 0 radical (unpaired) electrons. The summed E-state index contributed by atoms with van der Waals surface area (Å²) >= 11 is 0. The maximum Gasteiger partial charge on any atom is 0.338 e. The Labute approximate surface area is 310 Å². The van der Waals surface area contributed by atoms with Crippen molar-refractivity contribution >= 4 is 36.8 Å². The third-order valence-electron chi connectivity index (χ3n) is 8.47. The minimum absolute atomic E-state index is 0. The molecule has 0 amide bonds. The zero-order valence-electron chi connectivity index (χ0n) is 30.6. The monoisotopic (exact) mass is 724 g/mol. The molecule has 0 bridgehead atoms. The van der Waals surface area contributed by atoms with Crippen LogP contribution in [0.4, 0.5) is 0 Å². The van der Waals surface area contributed by atoms with Crippen molar-refractivity contribution in [3.05, 3.63) is 105 Å². The molecule has 50 heavy (non-hydrogen) atoms. The number of aromatic nitrogens is 2. The lowest BCUT2D eigenvalue weighted by Gasteiger charge is -2.19. The number of rotatable bonds is 12. The fourth-order valence-corrected chi connectivity index (χ4v) is 6.13. The maximum absolute atomic E-state index is 11.9. The van der Waals surface area contributed by atoms with Crippen LogP contribution in [0.15, 0.2) is 48.5 Å². The van der Waals surface area contributed by atoms with E-state index in [-0.39, 0.29) is 49.0 Å². The number of nitrogens with zero attached hydrogens (tertiary/aromatic N) is 2. The summed E-state index contributed by atoms with van der Waals surface area (Å²) in [5, 5.41) is 19.4. The minimum atomic E-state index is -0.958. The predicted molar refractivity (Wildman–Crippen MR) is 209 cm³/mol. The quantitative estimate of drug-likeness (QED) is 0.113. The number of aryl methyl sites for hydroxylation is 4. The third-order valence-corrected chi connectivity index (χ3v) is 8.47. The molecule has 2 aromatic heterocycles. The summed E-state index contributed by atoms with van der Waals surface area (Å²) in [7, 11) is 0. The second kappa shape index (κ2) is 20.1. The molecule has 4 aromatic rings. The van der Waals surface area contributed by atoms with Gasteiger partial charge in [0, 0.05) is 35.6 Å². The van der Waals surface area contributed by atoms with Gasteiger partial charge in [-0.25, -0.2) is 9.59 Å². The van der Waals surface area contributed by atoms with Gasteiger partial charge in [0.25, 0.3) is 0 Å². The summed E-state index contributed by atoms with van der Waals surface area (Å²) in [6.07, 6.45) is 3.47. The zero-order valence-corrected chi connectivity index (χ0v) is 32.2. The maximum atomic E-state index is 11.9. The van der Waals surface area contributed by atoms with Gasteiger partial charge in [0.2, 0.25) is 0 Å². The fourth-order valence-electron chi connectivity index (χ4n) is 6.13. The molecule has 4 rings (SSSR count). The highest BCUT2D eigenvalue weighted by Gasteiger charge is 2.24. The number of carboxylic acids is 2. The lowest BCUT2D eigenvalue weighted by atomic mass is 9.89. The van der Waals surface area contributed by atoms with Crippen LogP contribution < -0.4 is 11.5 Å². The Hall–Kier alpha value is -3.82. The first-order valence-corrected chi connectivity index (χ1v) is 16.9. The molecule has 0 atom stereocenters. The van der Waals surface area contributed by atoms with Crippen molar-refractivity contribution in [1.29, 1.82) is 0 Å². The topological polar surface area (TPSA) is 152 Å². The van der Waals surface area contributed by atoms with Crippen molar-refractivity contribution in [2.24, 2.45) is 23.3 Å². The van der Waals surface area contributed by atoms with Crippen LogP contribution in [-0.2, 0) is 38.8 Å². The molecule has 2 heterocycles. The number of hydrogen-bond acceptors (Lipinski definition) is 6. The Morgan fingerprint density at radius 3 is 1.14 bits per heavy atom. The van der Waals surface area contributed by atoms with Gasteiger partial charge >= 0.3 is 11.9 Å². The van der Waals surface area contributed by atoms with Crippen molar-refractivity contribution in [2.45, 2.75) is 94.2 Å². The van der Waals surface area contributed by atoms with Crippen LogP contribution in [-0.4, -0.2) is 32.1 Å². The fraction of sp³-hybridized carbons (Fsp3) is 0.400. The standard InChI is InChI=1S/2C20H26N2O2.2ClH/c2*1-5-14-6-8-15(9-7-14)19-16(11-21)17(10-12(2)3)22-13(4)18(19)20(23)24;;/h2*6-9,12H,5,10-11,21H2,1-4H3,(H,23,24);2*1H. The second-order valence-corrected chi connectivity index (χ2v) is 13.1. The van der Waals surface area contributed by atoms with Crippen LogP contribution in [0.5, 0.6) is 0 Å². The highest BCUT2D eigenvalue weighted by molar-refractivity contribution is 5.99. The predicted octanol–water partition coefficient (Wildman–Crippen LogP) is 8.79. The van der Waals surface area contributed by atoms with Gasteiger partial charge in [0.1, 0.15) is 0 Å². The molecule has 0 saturated heterocycles. The number of nitrogens with two attached hydrogens (primary N) is 2. The average molecular weight is 726 g/mol. The van der Waals surface area contributed by atoms with Gasteiger partial charge in [-0.05, 0) is 84.7 Å². The van der Waals surface area contributed by atoms with E-state index in [1.807, 2.05) is 48.5 Å². The first-order chi connectivity index (χ1) is 22.8. The van der Waals surface area contributed by atoms with Crippen molar-refractivity contribution in [1.82, 2.24) is 9.97 Å². The first kappa shape index (κ1) is 44.2. The molecule has 0 aliphatic rings. The van der Waals surface area contributed by atoms with E-state index in [9.17, 15) is 19.8 Å². The van der Waals surface area contributed by atoms with Crippen LogP contribution in [0.25, 0.3) is 22.3 Å². The molecule has 0 fully saturated rings. The van der Waals surface area contributed by atoms with Gasteiger partial charge in [-0.3, -0.25) is 9.97 Å². The van der Waals surface area contributed by atoms with Gasteiger partial charge in [0.05, 0.1) is 22.5 Å². The van der Waals surface area contributed by atoms with Crippen LogP contribution in [0.1, 0.15) is 107 Å². The summed E-state index contributed by atoms with van der Waals surface area (Å²) in [6, 6.07) is 16.1. The molecule has 0 unspecified atom stereocenters. The first-order valence-electron chi connectivity index (χ1n) is 16.9. The third kappa shape index (κ3) is 10.6. The van der Waals surface area contributed by atoms with E-state index in [0.29, 0.717) is 23.2 Å². The number of carbonyl (C=O) groups is 2. The van der Waals surface area contributed by atoms with Gasteiger partial charge in [0.15, 0.2) is 0 Å². The van der Waals surface area contributed by atoms with Crippen LogP contribution in [0, 0.1) is 25.7 Å². The van der Waals surface area contributed by atoms with Crippen molar-refractivity contribution < 1.29 is 19.8 Å². The Morgan fingerprint density at radius 1 is 0.620 bits per heavy atom. The summed E-state index contributed by atoms with van der Waals surface area (Å²) in [6.45, 7) is 16.8. The van der Waals surface area contributed by atoms with Crippen LogP contribution in [0.2, 0.25) is 0 Å². The second-order valence-electron chi connectivity index (χ2n) is 13.1. The minimum Gasteiger partial charge on any atom is -0.478 e. The molecule has 0 aliphatic carbocycles. The normalized spacial score (nSPS) is 10.6. The van der Waals surface area contributed by atoms with E-state index in [1.165, 1.54) is 11.1 Å².